The number of aliphatic imine (C=N–C) groups is 1. The Bertz CT molecular complexity index is 378. The fourth-order valence-electron chi connectivity index (χ4n) is 1.35. The number of fused-ring (bicyclic) bond motifs is 1. The van der Waals surface area contributed by atoms with Gasteiger partial charge in [-0.1, -0.05) is 0 Å². The molecule has 0 aromatic rings. The van der Waals surface area contributed by atoms with Gasteiger partial charge in [-0.15, -0.1) is 0 Å². The number of hydrogen-bond donors (Lipinski definition) is 1. The molecular weight excluding hydrogens is 180 g/mol. The number of amidine groups is 1. The van der Waals surface area contributed by atoms with Crippen LogP contribution in [-0.2, 0) is 0 Å². The lowest BCUT2D eigenvalue weighted by Gasteiger charge is -2.17. The number of hydrogen-bond acceptors (Lipinski definition) is 3. The van der Waals surface area contributed by atoms with Crippen LogP contribution in [0.2, 0.25) is 0 Å². The average Bonchev–Trinajstić information content (AvgIpc) is 2.42. The average molecular weight is 192 g/mol. The number of allylic oxidation sites excluding steroid dienone is 2. The first-order valence-corrected chi connectivity index (χ1v) is 4.32. The molecule has 1 N–H and O–H groups in total. The van der Waals surface area contributed by atoms with E-state index in [4.69, 9.17) is 0 Å². The van der Waals surface area contributed by atoms with Crippen molar-refractivity contribution < 1.29 is 4.79 Å². The lowest BCUT2D eigenvalue weighted by atomic mass is 10.2. The molecule has 2 heterocycles. The van der Waals surface area contributed by atoms with Crippen molar-refractivity contribution >= 4 is 11.9 Å². The number of nitrogens with zero attached hydrogens (tertiary/aromatic N) is 3. The molecule has 0 aromatic carbocycles. The van der Waals surface area contributed by atoms with Crippen LogP contribution in [0.5, 0.6) is 0 Å². The van der Waals surface area contributed by atoms with Crippen molar-refractivity contribution in [2.45, 2.75) is 0 Å². The van der Waals surface area contributed by atoms with Crippen LogP contribution in [-0.4, -0.2) is 42.8 Å². The van der Waals surface area contributed by atoms with E-state index in [-0.39, 0.29) is 6.03 Å². The fourth-order valence-corrected chi connectivity index (χ4v) is 1.35. The minimum atomic E-state index is -0.229. The van der Waals surface area contributed by atoms with Crippen molar-refractivity contribution in [1.82, 2.24) is 20.1 Å². The van der Waals surface area contributed by atoms with Crippen LogP contribution in [0.15, 0.2) is 23.7 Å². The van der Waals surface area contributed by atoms with Crippen molar-refractivity contribution in [2.75, 3.05) is 21.1 Å². The van der Waals surface area contributed by atoms with Crippen molar-refractivity contribution in [3.8, 4) is 0 Å². The molecule has 2 aliphatic heterocycles. The van der Waals surface area contributed by atoms with Gasteiger partial charge in [-0.3, -0.25) is 5.32 Å². The lowest BCUT2D eigenvalue weighted by Crippen LogP contribution is -2.35. The number of urea groups is 1. The standard InChI is InChI=1S/C9H12N4O/c1-12(2)7-5-4-6-8(10-7)11-9(14)13(6)3/h4-5,10H,1-3H3/q+1. The summed E-state index contributed by atoms with van der Waals surface area (Å²) in [7, 11) is 5.57. The van der Waals surface area contributed by atoms with Gasteiger partial charge in [0, 0.05) is 14.1 Å². The molecule has 0 saturated heterocycles. The molecule has 1 radical (unpaired) electrons. The maximum Gasteiger partial charge on any atom is 0.478 e. The number of amides is 2. The second-order valence-corrected chi connectivity index (χ2v) is 3.43. The normalized spacial score (nSPS) is 19.5. The van der Waals surface area contributed by atoms with Crippen LogP contribution in [0.4, 0.5) is 4.79 Å². The summed E-state index contributed by atoms with van der Waals surface area (Å²) in [4.78, 5) is 18.6. The number of rotatable bonds is 1. The quantitative estimate of drug-likeness (QED) is 0.619. The number of carbonyl (C=O) groups excluding carboxylic acids is 1. The van der Waals surface area contributed by atoms with Crippen LogP contribution in [0.25, 0.3) is 0 Å². The number of nitrogens with one attached hydrogen (secondary N) is 1. The molecule has 0 bridgehead atoms. The van der Waals surface area contributed by atoms with Crippen LogP contribution in [0.3, 0.4) is 0 Å². The van der Waals surface area contributed by atoms with Gasteiger partial charge >= 0.3 is 11.9 Å². The zero-order valence-electron chi connectivity index (χ0n) is 8.40. The Morgan fingerprint density at radius 2 is 2.14 bits per heavy atom. The third kappa shape index (κ3) is 1.17. The second kappa shape index (κ2) is 2.87. The maximum atomic E-state index is 11.2. The summed E-state index contributed by atoms with van der Waals surface area (Å²) in [6.45, 7) is 0. The predicted octanol–water partition coefficient (Wildman–Crippen LogP) is -0.324. The summed E-state index contributed by atoms with van der Waals surface area (Å²) in [5.41, 5.74) is 0.820. The number of carbonyl (C=O) groups is 1. The highest BCUT2D eigenvalue weighted by Crippen LogP contribution is 2.14. The van der Waals surface area contributed by atoms with Crippen molar-refractivity contribution in [3.63, 3.8) is 0 Å². The highest BCUT2D eigenvalue weighted by molar-refractivity contribution is 6.10. The van der Waals surface area contributed by atoms with Crippen LogP contribution >= 0.6 is 0 Å². The van der Waals surface area contributed by atoms with E-state index in [2.05, 4.69) is 10.3 Å². The highest BCUT2D eigenvalue weighted by atomic mass is 16.2. The minimum absolute atomic E-state index is 0.229. The summed E-state index contributed by atoms with van der Waals surface area (Å²) >= 11 is 0. The van der Waals surface area contributed by atoms with Gasteiger partial charge in [-0.05, 0) is 17.1 Å². The predicted molar refractivity (Wildman–Crippen MR) is 53.3 cm³/mol. The van der Waals surface area contributed by atoms with Crippen LogP contribution in [0, 0.1) is 0 Å². The van der Waals surface area contributed by atoms with Crippen molar-refractivity contribution in [1.29, 1.82) is 0 Å². The third-order valence-electron chi connectivity index (χ3n) is 2.23. The molecule has 0 unspecified atom stereocenters. The summed E-state index contributed by atoms with van der Waals surface area (Å²) < 4.78 is 0. The van der Waals surface area contributed by atoms with Crippen LogP contribution in [0.1, 0.15) is 0 Å². The van der Waals surface area contributed by atoms with Gasteiger partial charge in [0.1, 0.15) is 0 Å². The van der Waals surface area contributed by atoms with E-state index < -0.39 is 0 Å². The van der Waals surface area contributed by atoms with Gasteiger partial charge in [0.2, 0.25) is 0 Å². The Kier molecular flexibility index (Phi) is 1.80. The van der Waals surface area contributed by atoms with E-state index in [9.17, 15) is 4.79 Å². The first kappa shape index (κ1) is 8.80. The van der Waals surface area contributed by atoms with E-state index in [0.29, 0.717) is 5.84 Å². The molecule has 5 nitrogen and oxygen atoms in total. The molecule has 2 aliphatic rings. The molecule has 0 atom stereocenters. The van der Waals surface area contributed by atoms with Gasteiger partial charge in [0.25, 0.3) is 0 Å². The monoisotopic (exact) mass is 192 g/mol. The summed E-state index contributed by atoms with van der Waals surface area (Å²) in [6.07, 6.45) is 3.80. The van der Waals surface area contributed by atoms with Crippen molar-refractivity contribution in [3.05, 3.63) is 23.7 Å². The lowest BCUT2D eigenvalue weighted by molar-refractivity contribution is 0.230. The molecule has 0 saturated carbocycles. The molecule has 0 fully saturated rings. The Balaban J connectivity index is 2.33. The third-order valence-corrected chi connectivity index (χ3v) is 2.23. The largest absolute Gasteiger partial charge is 0.478 e. The van der Waals surface area contributed by atoms with E-state index in [1.165, 1.54) is 4.90 Å². The van der Waals surface area contributed by atoms with E-state index in [1.54, 1.807) is 7.05 Å². The van der Waals surface area contributed by atoms with Gasteiger partial charge in [0.15, 0.2) is 11.5 Å². The molecule has 73 valence electrons. The van der Waals surface area contributed by atoms with Gasteiger partial charge in [-0.25, -0.2) is 9.69 Å². The molecule has 0 spiro atoms. The zero-order valence-corrected chi connectivity index (χ0v) is 8.40. The van der Waals surface area contributed by atoms with Gasteiger partial charge in [-0.2, -0.15) is 0 Å². The smallest absolute Gasteiger partial charge is 0.352 e. The van der Waals surface area contributed by atoms with E-state index >= 15 is 0 Å². The Labute approximate surface area is 82.4 Å². The van der Waals surface area contributed by atoms with Gasteiger partial charge in [0.05, 0.1) is 7.05 Å². The topological polar surface area (TPSA) is 49.7 Å². The highest BCUT2D eigenvalue weighted by Gasteiger charge is 2.38. The summed E-state index contributed by atoms with van der Waals surface area (Å²) in [5.74, 6) is 1.55. The fraction of sp³-hybridized carbons (Fsp3) is 0.333. The van der Waals surface area contributed by atoms with Gasteiger partial charge < -0.3 is 4.90 Å². The van der Waals surface area contributed by atoms with E-state index in [1.807, 2.05) is 31.1 Å². The Hall–Kier alpha value is -1.78. The molecule has 5 heteroatoms. The van der Waals surface area contributed by atoms with Crippen molar-refractivity contribution in [2.24, 2.45) is 0 Å². The number of likely N-dealkylation sites (N-methyl/N-ethyl adjacent to an activating group) is 1. The number of dihydropyridines is 1. The van der Waals surface area contributed by atoms with Crippen LogP contribution < -0.4 is 10.3 Å². The molecule has 14 heavy (non-hydrogen) atoms. The first-order chi connectivity index (χ1) is 6.59. The Morgan fingerprint density at radius 1 is 1.43 bits per heavy atom. The molecule has 2 amide bonds. The molecular formula is C9H12N4O+. The second-order valence-electron chi connectivity index (χ2n) is 3.43. The molecule has 2 rings (SSSR count). The SMILES string of the molecule is CN(C)C1=CC=C2C(=[N+]C(=O)N2C)N1. The molecule has 0 aliphatic carbocycles. The maximum absolute atomic E-state index is 11.2. The minimum Gasteiger partial charge on any atom is -0.352 e. The molecule has 0 aromatic heterocycles. The zero-order chi connectivity index (χ0) is 10.3. The summed E-state index contributed by atoms with van der Waals surface area (Å²) in [5, 5.41) is 3.08. The first-order valence-electron chi connectivity index (χ1n) is 4.32. The summed E-state index contributed by atoms with van der Waals surface area (Å²) in [6, 6.07) is -0.229. The Morgan fingerprint density at radius 3 is 2.79 bits per heavy atom. The van der Waals surface area contributed by atoms with E-state index in [0.717, 1.165) is 11.5 Å².